The molecule has 7 nitrogen and oxygen atoms in total. The van der Waals surface area contributed by atoms with Gasteiger partial charge in [-0.15, -0.1) is 0 Å². The molecule has 0 aliphatic carbocycles. The highest BCUT2D eigenvalue weighted by molar-refractivity contribution is 7.90. The number of carbonyl (C=O) groups excluding carboxylic acids is 1. The fourth-order valence-electron chi connectivity index (χ4n) is 1.55. The number of urea groups is 1. The Hall–Kier alpha value is -2.09. The first-order chi connectivity index (χ1) is 9.60. The fourth-order valence-corrected chi connectivity index (χ4v) is 2.16. The molecule has 0 aliphatic heterocycles. The van der Waals surface area contributed by atoms with Crippen molar-refractivity contribution in [3.8, 4) is 0 Å². The molecule has 0 unspecified atom stereocenters. The minimum Gasteiger partial charge on any atom is -0.478 e. The number of sulfone groups is 1. The van der Waals surface area contributed by atoms with Crippen molar-refractivity contribution >= 4 is 27.5 Å². The first-order valence-electron chi connectivity index (χ1n) is 6.14. The monoisotopic (exact) mass is 314 g/mol. The number of nitrogens with one attached hydrogen (secondary N) is 1. The van der Waals surface area contributed by atoms with Crippen molar-refractivity contribution in [2.24, 2.45) is 0 Å². The topological polar surface area (TPSA) is 104 Å². The molecule has 21 heavy (non-hydrogen) atoms. The number of hydrogen-bond donors (Lipinski definition) is 2. The number of benzene rings is 1. The average molecular weight is 314 g/mol. The summed E-state index contributed by atoms with van der Waals surface area (Å²) in [6, 6.07) is 3.89. The Bertz CT molecular complexity index is 655. The van der Waals surface area contributed by atoms with Crippen LogP contribution in [0.25, 0.3) is 0 Å². The van der Waals surface area contributed by atoms with Gasteiger partial charge in [0, 0.05) is 25.5 Å². The molecule has 1 rings (SSSR count). The number of hydrogen-bond acceptors (Lipinski definition) is 4. The van der Waals surface area contributed by atoms with E-state index in [-0.39, 0.29) is 17.9 Å². The molecule has 0 saturated heterocycles. The van der Waals surface area contributed by atoms with Crippen molar-refractivity contribution in [2.45, 2.75) is 6.92 Å². The Balaban J connectivity index is 2.72. The van der Waals surface area contributed by atoms with E-state index in [0.29, 0.717) is 11.3 Å². The molecule has 2 amide bonds. The Morgan fingerprint density at radius 1 is 1.33 bits per heavy atom. The van der Waals surface area contributed by atoms with Crippen LogP contribution >= 0.6 is 0 Å². The van der Waals surface area contributed by atoms with Crippen molar-refractivity contribution in [1.29, 1.82) is 0 Å². The number of carbonyl (C=O) groups is 2. The van der Waals surface area contributed by atoms with Crippen molar-refractivity contribution in [2.75, 3.05) is 30.9 Å². The normalized spacial score (nSPS) is 11.0. The SMILES string of the molecule is Cc1cc(C(=O)O)ccc1NC(=O)N(C)CCS(C)(=O)=O. The first-order valence-corrected chi connectivity index (χ1v) is 8.20. The van der Waals surface area contributed by atoms with E-state index in [1.165, 1.54) is 30.1 Å². The minimum atomic E-state index is -3.14. The zero-order valence-electron chi connectivity index (χ0n) is 12.1. The Kier molecular flexibility index (Phi) is 5.31. The Morgan fingerprint density at radius 3 is 2.43 bits per heavy atom. The van der Waals surface area contributed by atoms with Crippen LogP contribution in [0.2, 0.25) is 0 Å². The van der Waals surface area contributed by atoms with Crippen molar-refractivity contribution in [3.63, 3.8) is 0 Å². The molecule has 0 aromatic heterocycles. The van der Waals surface area contributed by atoms with E-state index < -0.39 is 21.8 Å². The summed E-state index contributed by atoms with van der Waals surface area (Å²) < 4.78 is 22.1. The number of amides is 2. The van der Waals surface area contributed by atoms with Crippen molar-refractivity contribution < 1.29 is 23.1 Å². The standard InChI is InChI=1S/C13H18N2O5S/c1-9-8-10(12(16)17)4-5-11(9)14-13(18)15(2)6-7-21(3,19)20/h4-5,8H,6-7H2,1-3H3,(H,14,18)(H,16,17). The van der Waals surface area contributed by atoms with E-state index in [1.807, 2.05) is 0 Å². The second-order valence-electron chi connectivity index (χ2n) is 4.82. The van der Waals surface area contributed by atoms with Crippen LogP contribution in [0, 0.1) is 6.92 Å². The van der Waals surface area contributed by atoms with E-state index in [4.69, 9.17) is 5.11 Å². The molecule has 1 aromatic carbocycles. The third kappa shape index (κ3) is 5.42. The van der Waals surface area contributed by atoms with Gasteiger partial charge in [-0.1, -0.05) is 0 Å². The maximum atomic E-state index is 11.9. The summed E-state index contributed by atoms with van der Waals surface area (Å²) in [7, 11) is -1.65. The van der Waals surface area contributed by atoms with E-state index in [1.54, 1.807) is 6.92 Å². The van der Waals surface area contributed by atoms with Crippen LogP contribution < -0.4 is 5.32 Å². The van der Waals surface area contributed by atoms with Crippen LogP contribution in [0.5, 0.6) is 0 Å². The van der Waals surface area contributed by atoms with Gasteiger partial charge in [0.1, 0.15) is 9.84 Å². The maximum absolute atomic E-state index is 11.9. The number of rotatable bonds is 5. The van der Waals surface area contributed by atoms with Gasteiger partial charge in [-0.25, -0.2) is 18.0 Å². The summed E-state index contributed by atoms with van der Waals surface area (Å²) in [5, 5.41) is 11.5. The molecule has 1 aromatic rings. The molecular weight excluding hydrogens is 296 g/mol. The molecule has 116 valence electrons. The predicted octanol–water partition coefficient (Wildman–Crippen LogP) is 1.20. The highest BCUT2D eigenvalue weighted by atomic mass is 32.2. The quantitative estimate of drug-likeness (QED) is 0.850. The number of nitrogens with zero attached hydrogens (tertiary/aromatic N) is 1. The lowest BCUT2D eigenvalue weighted by molar-refractivity contribution is 0.0696. The molecule has 0 saturated carbocycles. The Morgan fingerprint density at radius 2 is 1.95 bits per heavy atom. The lowest BCUT2D eigenvalue weighted by Gasteiger charge is -2.18. The number of aromatic carboxylic acids is 1. The fraction of sp³-hybridized carbons (Fsp3) is 0.385. The van der Waals surface area contributed by atoms with Gasteiger partial charge in [-0.2, -0.15) is 0 Å². The van der Waals surface area contributed by atoms with E-state index in [0.717, 1.165) is 6.26 Å². The van der Waals surface area contributed by atoms with Gasteiger partial charge in [0.2, 0.25) is 0 Å². The Labute approximate surface area is 123 Å². The van der Waals surface area contributed by atoms with Crippen molar-refractivity contribution in [3.05, 3.63) is 29.3 Å². The van der Waals surface area contributed by atoms with E-state index in [2.05, 4.69) is 5.32 Å². The van der Waals surface area contributed by atoms with Gasteiger partial charge < -0.3 is 15.3 Å². The van der Waals surface area contributed by atoms with Gasteiger partial charge in [-0.3, -0.25) is 0 Å². The minimum absolute atomic E-state index is 0.0803. The van der Waals surface area contributed by atoms with Gasteiger partial charge in [-0.05, 0) is 30.7 Å². The number of aryl methyl sites for hydroxylation is 1. The summed E-state index contributed by atoms with van der Waals surface area (Å²) in [5.41, 5.74) is 1.23. The molecule has 0 bridgehead atoms. The third-order valence-electron chi connectivity index (χ3n) is 2.86. The third-order valence-corrected chi connectivity index (χ3v) is 3.78. The number of anilines is 1. The summed E-state index contributed by atoms with van der Waals surface area (Å²) >= 11 is 0. The van der Waals surface area contributed by atoms with Gasteiger partial charge in [0.25, 0.3) is 0 Å². The summed E-state index contributed by atoms with van der Waals surface area (Å²) in [4.78, 5) is 24.0. The van der Waals surface area contributed by atoms with Crippen molar-refractivity contribution in [1.82, 2.24) is 4.90 Å². The lowest BCUT2D eigenvalue weighted by atomic mass is 10.1. The van der Waals surface area contributed by atoms with Crippen LogP contribution in [0.15, 0.2) is 18.2 Å². The first kappa shape index (κ1) is 17.0. The highest BCUT2D eigenvalue weighted by Crippen LogP contribution is 2.17. The van der Waals surface area contributed by atoms with Crippen LogP contribution in [0.3, 0.4) is 0 Å². The lowest BCUT2D eigenvalue weighted by Crippen LogP contribution is -2.35. The van der Waals surface area contributed by atoms with Crippen LogP contribution in [-0.4, -0.2) is 56.0 Å². The second kappa shape index (κ2) is 6.57. The molecule has 0 atom stereocenters. The van der Waals surface area contributed by atoms with E-state index >= 15 is 0 Å². The molecule has 8 heteroatoms. The van der Waals surface area contributed by atoms with E-state index in [9.17, 15) is 18.0 Å². The zero-order valence-corrected chi connectivity index (χ0v) is 12.9. The van der Waals surface area contributed by atoms with Gasteiger partial charge in [0.15, 0.2) is 0 Å². The van der Waals surface area contributed by atoms with Crippen LogP contribution in [-0.2, 0) is 9.84 Å². The molecule has 0 fully saturated rings. The molecule has 0 heterocycles. The molecule has 2 N–H and O–H groups in total. The largest absolute Gasteiger partial charge is 0.478 e. The van der Waals surface area contributed by atoms with Crippen LogP contribution in [0.1, 0.15) is 15.9 Å². The molecule has 0 radical (unpaired) electrons. The number of carboxylic acids is 1. The second-order valence-corrected chi connectivity index (χ2v) is 7.08. The smallest absolute Gasteiger partial charge is 0.335 e. The maximum Gasteiger partial charge on any atom is 0.335 e. The predicted molar refractivity (Wildman–Crippen MR) is 79.5 cm³/mol. The average Bonchev–Trinajstić information content (AvgIpc) is 2.37. The van der Waals surface area contributed by atoms with Gasteiger partial charge >= 0.3 is 12.0 Å². The van der Waals surface area contributed by atoms with Gasteiger partial charge in [0.05, 0.1) is 11.3 Å². The highest BCUT2D eigenvalue weighted by Gasteiger charge is 2.13. The zero-order chi connectivity index (χ0) is 16.2. The molecule has 0 aliphatic rings. The summed E-state index contributed by atoms with van der Waals surface area (Å²) in [5.74, 6) is -1.16. The molecule has 0 spiro atoms. The number of carboxylic acid groups (broad SMARTS) is 1. The van der Waals surface area contributed by atoms with Crippen LogP contribution in [0.4, 0.5) is 10.5 Å². The summed E-state index contributed by atoms with van der Waals surface area (Å²) in [6.07, 6.45) is 1.10. The molecular formula is C13H18N2O5S. The summed E-state index contributed by atoms with van der Waals surface area (Å²) in [6.45, 7) is 1.76.